The van der Waals surface area contributed by atoms with Crippen molar-refractivity contribution in [1.29, 1.82) is 0 Å². The minimum absolute atomic E-state index is 0.0298. The molecule has 0 aliphatic rings. The number of amides is 1. The van der Waals surface area contributed by atoms with Gasteiger partial charge in [0.2, 0.25) is 5.91 Å². The highest BCUT2D eigenvalue weighted by atomic mass is 32.2. The van der Waals surface area contributed by atoms with E-state index >= 15 is 0 Å². The molecule has 0 fully saturated rings. The fourth-order valence-electron chi connectivity index (χ4n) is 0.700. The van der Waals surface area contributed by atoms with E-state index in [-0.39, 0.29) is 11.9 Å². The summed E-state index contributed by atoms with van der Waals surface area (Å²) in [6.45, 7) is 4.80. The zero-order valence-corrected chi connectivity index (χ0v) is 8.62. The third kappa shape index (κ3) is 5.43. The lowest BCUT2D eigenvalue weighted by atomic mass is 10.3. The Morgan fingerprint density at radius 1 is 1.58 bits per heavy atom. The molecule has 3 N–H and O–H groups in total. The van der Waals surface area contributed by atoms with E-state index < -0.39 is 0 Å². The molecular weight excluding hydrogens is 172 g/mol. The lowest BCUT2D eigenvalue weighted by Gasteiger charge is -2.10. The Morgan fingerprint density at radius 2 is 2.25 bits per heavy atom. The minimum Gasteiger partial charge on any atom is -0.355 e. The summed E-state index contributed by atoms with van der Waals surface area (Å²) in [6.07, 6.45) is 0.958. The molecule has 0 saturated carbocycles. The predicted octanol–water partition coefficient (Wildman–Crippen LogP) is 0.593. The average Bonchev–Trinajstić information content (AvgIpc) is 2.10. The van der Waals surface area contributed by atoms with Crippen LogP contribution in [0.2, 0.25) is 0 Å². The largest absolute Gasteiger partial charge is 0.355 e. The van der Waals surface area contributed by atoms with Gasteiger partial charge in [0, 0.05) is 12.3 Å². The van der Waals surface area contributed by atoms with E-state index in [1.807, 2.05) is 6.92 Å². The van der Waals surface area contributed by atoms with Gasteiger partial charge in [0.25, 0.3) is 0 Å². The minimum atomic E-state index is -0.346. The maximum absolute atomic E-state index is 11.2. The van der Waals surface area contributed by atoms with Crippen LogP contribution in [0.4, 0.5) is 0 Å². The van der Waals surface area contributed by atoms with Crippen LogP contribution >= 0.6 is 11.8 Å². The first kappa shape index (κ1) is 11.8. The molecule has 0 aliphatic carbocycles. The maximum atomic E-state index is 11.2. The first-order chi connectivity index (χ1) is 5.72. The number of rotatable bonds is 6. The lowest BCUT2D eigenvalue weighted by molar-refractivity contribution is -0.121. The van der Waals surface area contributed by atoms with Gasteiger partial charge in [-0.25, -0.2) is 0 Å². The van der Waals surface area contributed by atoms with Gasteiger partial charge < -0.3 is 11.1 Å². The van der Waals surface area contributed by atoms with Gasteiger partial charge in [-0.2, -0.15) is 11.8 Å². The molecule has 0 aromatic carbocycles. The van der Waals surface area contributed by atoms with Gasteiger partial charge in [0.15, 0.2) is 0 Å². The fourth-order valence-corrected chi connectivity index (χ4v) is 1.34. The molecule has 0 unspecified atom stereocenters. The van der Waals surface area contributed by atoms with Crippen LogP contribution in [0.5, 0.6) is 0 Å². The molecular formula is C8H18N2OS. The van der Waals surface area contributed by atoms with Gasteiger partial charge in [0.1, 0.15) is 0 Å². The van der Waals surface area contributed by atoms with E-state index in [2.05, 4.69) is 12.2 Å². The van der Waals surface area contributed by atoms with Gasteiger partial charge in [-0.3, -0.25) is 4.79 Å². The second-order valence-corrected chi connectivity index (χ2v) is 3.88. The number of hydrogen-bond donors (Lipinski definition) is 2. The standard InChI is InChI=1S/C8H18N2OS/c1-3-5-10-8(11)7(9)6-12-4-2/h7H,3-6,9H2,1-2H3,(H,10,11)/t7-/m0/s1. The summed E-state index contributed by atoms with van der Waals surface area (Å²) < 4.78 is 0. The molecule has 0 aromatic rings. The number of nitrogens with two attached hydrogens (primary N) is 1. The second kappa shape index (κ2) is 7.43. The Morgan fingerprint density at radius 3 is 2.75 bits per heavy atom. The highest BCUT2D eigenvalue weighted by molar-refractivity contribution is 7.99. The van der Waals surface area contributed by atoms with Crippen LogP contribution < -0.4 is 11.1 Å². The second-order valence-electron chi connectivity index (χ2n) is 2.56. The van der Waals surface area contributed by atoms with Gasteiger partial charge in [-0.15, -0.1) is 0 Å². The van der Waals surface area contributed by atoms with Gasteiger partial charge in [-0.05, 0) is 12.2 Å². The van der Waals surface area contributed by atoms with Crippen LogP contribution in [-0.4, -0.2) is 30.0 Å². The van der Waals surface area contributed by atoms with Crippen molar-refractivity contribution in [3.63, 3.8) is 0 Å². The molecule has 1 amide bonds. The first-order valence-electron chi connectivity index (χ1n) is 4.33. The zero-order valence-electron chi connectivity index (χ0n) is 7.80. The van der Waals surface area contributed by atoms with Crippen LogP contribution in [-0.2, 0) is 4.79 Å². The topological polar surface area (TPSA) is 55.1 Å². The number of nitrogens with one attached hydrogen (secondary N) is 1. The quantitative estimate of drug-likeness (QED) is 0.644. The van der Waals surface area contributed by atoms with E-state index in [1.165, 1.54) is 0 Å². The number of carbonyl (C=O) groups excluding carboxylic acids is 1. The van der Waals surface area contributed by atoms with E-state index in [9.17, 15) is 4.79 Å². The zero-order chi connectivity index (χ0) is 9.40. The molecule has 0 spiro atoms. The predicted molar refractivity (Wildman–Crippen MR) is 54.3 cm³/mol. The molecule has 0 saturated heterocycles. The normalized spacial score (nSPS) is 12.6. The van der Waals surface area contributed by atoms with Crippen LogP contribution in [0.3, 0.4) is 0 Å². The highest BCUT2D eigenvalue weighted by Gasteiger charge is 2.11. The molecule has 0 aromatic heterocycles. The van der Waals surface area contributed by atoms with Crippen LogP contribution in [0.25, 0.3) is 0 Å². The Balaban J connectivity index is 3.47. The average molecular weight is 190 g/mol. The molecule has 3 nitrogen and oxygen atoms in total. The van der Waals surface area contributed by atoms with Crippen LogP contribution in [0.15, 0.2) is 0 Å². The van der Waals surface area contributed by atoms with E-state index in [1.54, 1.807) is 11.8 Å². The van der Waals surface area contributed by atoms with Crippen molar-refractivity contribution in [2.45, 2.75) is 26.3 Å². The van der Waals surface area contributed by atoms with Gasteiger partial charge >= 0.3 is 0 Å². The molecule has 12 heavy (non-hydrogen) atoms. The van der Waals surface area contributed by atoms with Crippen molar-refractivity contribution in [3.05, 3.63) is 0 Å². The highest BCUT2D eigenvalue weighted by Crippen LogP contribution is 1.99. The molecule has 0 bridgehead atoms. The molecule has 1 atom stereocenters. The molecule has 0 heterocycles. The summed E-state index contributed by atoms with van der Waals surface area (Å²) in [5, 5.41) is 2.76. The summed E-state index contributed by atoms with van der Waals surface area (Å²) in [6, 6.07) is -0.346. The van der Waals surface area contributed by atoms with Crippen molar-refractivity contribution in [2.75, 3.05) is 18.1 Å². The monoisotopic (exact) mass is 190 g/mol. The van der Waals surface area contributed by atoms with Crippen LogP contribution in [0, 0.1) is 0 Å². The molecule has 0 rings (SSSR count). The first-order valence-corrected chi connectivity index (χ1v) is 5.48. The molecule has 0 radical (unpaired) electrons. The van der Waals surface area contributed by atoms with Crippen molar-refractivity contribution in [3.8, 4) is 0 Å². The molecule has 72 valence electrons. The van der Waals surface area contributed by atoms with Crippen molar-refractivity contribution in [2.24, 2.45) is 5.73 Å². The summed E-state index contributed by atoms with van der Waals surface area (Å²) in [5.41, 5.74) is 5.61. The third-order valence-corrected chi connectivity index (χ3v) is 2.39. The summed E-state index contributed by atoms with van der Waals surface area (Å²) in [5.74, 6) is 1.69. The molecule has 4 heteroatoms. The Bertz CT molecular complexity index is 130. The molecule has 0 aliphatic heterocycles. The number of carbonyl (C=O) groups is 1. The van der Waals surface area contributed by atoms with Crippen molar-refractivity contribution in [1.82, 2.24) is 5.32 Å². The SMILES string of the molecule is CCCNC(=O)[C@@H](N)CSCC. The maximum Gasteiger partial charge on any atom is 0.237 e. The van der Waals surface area contributed by atoms with Crippen molar-refractivity contribution >= 4 is 17.7 Å². The smallest absolute Gasteiger partial charge is 0.237 e. The summed E-state index contributed by atoms with van der Waals surface area (Å²) in [4.78, 5) is 11.2. The Hall–Kier alpha value is -0.220. The Labute approximate surface area is 78.5 Å². The third-order valence-electron chi connectivity index (χ3n) is 1.39. The number of hydrogen-bond acceptors (Lipinski definition) is 3. The Kier molecular flexibility index (Phi) is 7.29. The number of thioether (sulfide) groups is 1. The summed E-state index contributed by atoms with van der Waals surface area (Å²) >= 11 is 1.69. The van der Waals surface area contributed by atoms with Gasteiger partial charge in [0.05, 0.1) is 6.04 Å². The fraction of sp³-hybridized carbons (Fsp3) is 0.875. The van der Waals surface area contributed by atoms with E-state index in [0.717, 1.165) is 18.7 Å². The van der Waals surface area contributed by atoms with E-state index in [4.69, 9.17) is 5.73 Å². The van der Waals surface area contributed by atoms with Gasteiger partial charge in [-0.1, -0.05) is 13.8 Å². The summed E-state index contributed by atoms with van der Waals surface area (Å²) in [7, 11) is 0. The van der Waals surface area contributed by atoms with Crippen molar-refractivity contribution < 1.29 is 4.79 Å². The van der Waals surface area contributed by atoms with Crippen LogP contribution in [0.1, 0.15) is 20.3 Å². The lowest BCUT2D eigenvalue weighted by Crippen LogP contribution is -2.42. The van der Waals surface area contributed by atoms with E-state index in [0.29, 0.717) is 5.75 Å².